The SMILES string of the molecule is CCCOC(=O)C1=C(C)NC2=C(C(=O)[C@@H](C(=O)OC)[C@H](C)C2)[C@@H]1c1cccc(Br)c1. The highest BCUT2D eigenvalue weighted by molar-refractivity contribution is 9.10. The Labute approximate surface area is 184 Å². The van der Waals surface area contributed by atoms with Crippen LogP contribution in [-0.2, 0) is 23.9 Å². The minimum atomic E-state index is -0.892. The van der Waals surface area contributed by atoms with Crippen molar-refractivity contribution in [3.63, 3.8) is 0 Å². The molecule has 2 aliphatic rings. The van der Waals surface area contributed by atoms with Gasteiger partial charge in [0, 0.05) is 27.4 Å². The van der Waals surface area contributed by atoms with Crippen LogP contribution in [-0.4, -0.2) is 31.4 Å². The molecule has 3 rings (SSSR count). The van der Waals surface area contributed by atoms with Gasteiger partial charge in [-0.25, -0.2) is 4.79 Å². The van der Waals surface area contributed by atoms with E-state index in [2.05, 4.69) is 21.2 Å². The fraction of sp³-hybridized carbons (Fsp3) is 0.435. The average molecular weight is 476 g/mol. The van der Waals surface area contributed by atoms with Crippen LogP contribution in [0.15, 0.2) is 51.3 Å². The summed E-state index contributed by atoms with van der Waals surface area (Å²) >= 11 is 3.48. The molecule has 160 valence electrons. The lowest BCUT2D eigenvalue weighted by Crippen LogP contribution is -2.43. The van der Waals surface area contributed by atoms with E-state index in [-0.39, 0.29) is 11.7 Å². The van der Waals surface area contributed by atoms with E-state index in [0.717, 1.165) is 15.7 Å². The highest BCUT2D eigenvalue weighted by Crippen LogP contribution is 2.45. The zero-order valence-corrected chi connectivity index (χ0v) is 19.2. The van der Waals surface area contributed by atoms with Crippen molar-refractivity contribution in [2.75, 3.05) is 13.7 Å². The summed E-state index contributed by atoms with van der Waals surface area (Å²) in [6.45, 7) is 5.90. The van der Waals surface area contributed by atoms with Crippen molar-refractivity contribution in [2.45, 2.75) is 39.5 Å². The molecule has 1 aliphatic carbocycles. The molecule has 0 spiro atoms. The Hall–Kier alpha value is -2.41. The molecule has 0 radical (unpaired) electrons. The number of allylic oxidation sites excluding steroid dienone is 3. The van der Waals surface area contributed by atoms with Gasteiger partial charge >= 0.3 is 11.9 Å². The van der Waals surface area contributed by atoms with Crippen LogP contribution < -0.4 is 5.32 Å². The molecule has 1 N–H and O–H groups in total. The Morgan fingerprint density at radius 1 is 1.30 bits per heavy atom. The van der Waals surface area contributed by atoms with E-state index in [0.29, 0.717) is 36.3 Å². The largest absolute Gasteiger partial charge is 0.468 e. The zero-order chi connectivity index (χ0) is 22.0. The molecule has 0 bridgehead atoms. The molecular formula is C23H26BrNO5. The fourth-order valence-electron chi connectivity index (χ4n) is 4.24. The first-order valence-corrected chi connectivity index (χ1v) is 10.8. The highest BCUT2D eigenvalue weighted by Gasteiger charge is 2.47. The van der Waals surface area contributed by atoms with Crippen molar-refractivity contribution in [3.8, 4) is 0 Å². The Balaban J connectivity index is 2.16. The molecular weight excluding hydrogens is 450 g/mol. The quantitative estimate of drug-likeness (QED) is 0.511. The van der Waals surface area contributed by atoms with E-state index in [1.807, 2.05) is 45.0 Å². The number of halogens is 1. The number of Topliss-reactive ketones (excluding diaryl/α,β-unsaturated/α-hetero) is 1. The summed E-state index contributed by atoms with van der Waals surface area (Å²) < 4.78 is 11.2. The molecule has 1 aromatic rings. The average Bonchev–Trinajstić information content (AvgIpc) is 2.70. The lowest BCUT2D eigenvalue weighted by Gasteiger charge is -2.38. The molecule has 0 saturated heterocycles. The highest BCUT2D eigenvalue weighted by atomic mass is 79.9. The summed E-state index contributed by atoms with van der Waals surface area (Å²) in [6, 6.07) is 7.51. The third-order valence-corrected chi connectivity index (χ3v) is 6.08. The van der Waals surface area contributed by atoms with Crippen LogP contribution in [0.1, 0.15) is 45.1 Å². The molecule has 6 nitrogen and oxygen atoms in total. The van der Waals surface area contributed by atoms with Crippen LogP contribution in [0.4, 0.5) is 0 Å². The Morgan fingerprint density at radius 3 is 2.67 bits per heavy atom. The van der Waals surface area contributed by atoms with Crippen LogP contribution in [0, 0.1) is 11.8 Å². The van der Waals surface area contributed by atoms with E-state index in [4.69, 9.17) is 9.47 Å². The van der Waals surface area contributed by atoms with E-state index in [1.165, 1.54) is 7.11 Å². The number of ether oxygens (including phenoxy) is 2. The van der Waals surface area contributed by atoms with Crippen LogP contribution in [0.25, 0.3) is 0 Å². The Kier molecular flexibility index (Phi) is 6.81. The summed E-state index contributed by atoms with van der Waals surface area (Å²) in [7, 11) is 1.29. The lowest BCUT2D eigenvalue weighted by molar-refractivity contribution is -0.151. The zero-order valence-electron chi connectivity index (χ0n) is 17.6. The number of benzene rings is 1. The number of hydrogen-bond donors (Lipinski definition) is 1. The van der Waals surface area contributed by atoms with Crippen molar-refractivity contribution in [2.24, 2.45) is 11.8 Å². The van der Waals surface area contributed by atoms with Gasteiger partial charge in [0.2, 0.25) is 0 Å². The molecule has 0 unspecified atom stereocenters. The maximum atomic E-state index is 13.5. The van der Waals surface area contributed by atoms with E-state index < -0.39 is 23.8 Å². The van der Waals surface area contributed by atoms with E-state index in [9.17, 15) is 14.4 Å². The lowest BCUT2D eigenvalue weighted by atomic mass is 9.69. The van der Waals surface area contributed by atoms with Gasteiger partial charge in [0.15, 0.2) is 5.78 Å². The normalized spacial score (nSPS) is 23.6. The molecule has 0 amide bonds. The molecule has 0 fully saturated rings. The summed E-state index contributed by atoms with van der Waals surface area (Å²) in [5.41, 5.74) is 3.04. The molecule has 1 aromatic carbocycles. The van der Waals surface area contributed by atoms with Gasteiger partial charge in [-0.1, -0.05) is 41.9 Å². The predicted octanol–water partition coefficient (Wildman–Crippen LogP) is 4.02. The summed E-state index contributed by atoms with van der Waals surface area (Å²) in [5, 5.41) is 3.25. The second-order valence-corrected chi connectivity index (χ2v) is 8.64. The van der Waals surface area contributed by atoms with Gasteiger partial charge in [-0.05, 0) is 43.4 Å². The Bertz CT molecular complexity index is 949. The van der Waals surface area contributed by atoms with Gasteiger partial charge in [-0.15, -0.1) is 0 Å². The number of rotatable bonds is 5. The van der Waals surface area contributed by atoms with Crippen molar-refractivity contribution >= 4 is 33.7 Å². The van der Waals surface area contributed by atoms with E-state index >= 15 is 0 Å². The number of nitrogens with one attached hydrogen (secondary N) is 1. The van der Waals surface area contributed by atoms with Crippen molar-refractivity contribution in [1.29, 1.82) is 0 Å². The maximum Gasteiger partial charge on any atom is 0.336 e. The predicted molar refractivity (Wildman–Crippen MR) is 115 cm³/mol. The summed E-state index contributed by atoms with van der Waals surface area (Å²) in [4.78, 5) is 38.9. The molecule has 30 heavy (non-hydrogen) atoms. The number of methoxy groups -OCH3 is 1. The van der Waals surface area contributed by atoms with Gasteiger partial charge < -0.3 is 14.8 Å². The Morgan fingerprint density at radius 2 is 2.03 bits per heavy atom. The second kappa shape index (κ2) is 9.16. The van der Waals surface area contributed by atoms with Crippen LogP contribution >= 0.6 is 15.9 Å². The third kappa shape index (κ3) is 4.08. The van der Waals surface area contributed by atoms with Gasteiger partial charge in [-0.2, -0.15) is 0 Å². The molecule has 3 atom stereocenters. The monoisotopic (exact) mass is 475 g/mol. The van der Waals surface area contributed by atoms with Crippen LogP contribution in [0.5, 0.6) is 0 Å². The van der Waals surface area contributed by atoms with Gasteiger partial charge in [0.25, 0.3) is 0 Å². The van der Waals surface area contributed by atoms with Crippen LogP contribution in [0.3, 0.4) is 0 Å². The molecule has 0 saturated carbocycles. The molecule has 0 aromatic heterocycles. The van der Waals surface area contributed by atoms with Crippen molar-refractivity contribution in [3.05, 3.63) is 56.8 Å². The standard InChI is InChI=1S/C23H26BrNO5/c1-5-9-30-23(28)18-13(3)25-16-10-12(2)17(22(27)29-4)21(26)20(16)19(18)14-7-6-8-15(24)11-14/h6-8,11-12,17,19,25H,5,9-10H2,1-4H3/t12-,17+,19-/m1/s1. The number of dihydropyridines is 1. The summed E-state index contributed by atoms with van der Waals surface area (Å²) in [6.07, 6.45) is 1.21. The van der Waals surface area contributed by atoms with E-state index in [1.54, 1.807) is 0 Å². The first-order valence-electron chi connectivity index (χ1n) is 10.1. The fourth-order valence-corrected chi connectivity index (χ4v) is 4.66. The minimum Gasteiger partial charge on any atom is -0.468 e. The third-order valence-electron chi connectivity index (χ3n) is 5.58. The molecule has 7 heteroatoms. The first-order chi connectivity index (χ1) is 14.3. The van der Waals surface area contributed by atoms with Gasteiger partial charge in [0.05, 0.1) is 19.3 Å². The molecule has 1 heterocycles. The van der Waals surface area contributed by atoms with Gasteiger partial charge in [-0.3, -0.25) is 9.59 Å². The summed E-state index contributed by atoms with van der Waals surface area (Å²) in [5.74, 6) is -3.03. The second-order valence-electron chi connectivity index (χ2n) is 7.73. The first kappa shape index (κ1) is 22.3. The topological polar surface area (TPSA) is 81.7 Å². The van der Waals surface area contributed by atoms with Crippen LogP contribution in [0.2, 0.25) is 0 Å². The number of carbonyl (C=O) groups is 3. The number of carbonyl (C=O) groups excluding carboxylic acids is 3. The number of esters is 2. The number of ketones is 1. The van der Waals surface area contributed by atoms with Crippen molar-refractivity contribution < 1.29 is 23.9 Å². The van der Waals surface area contributed by atoms with Crippen molar-refractivity contribution in [1.82, 2.24) is 5.32 Å². The number of hydrogen-bond acceptors (Lipinski definition) is 6. The maximum absolute atomic E-state index is 13.5. The smallest absolute Gasteiger partial charge is 0.336 e. The minimum absolute atomic E-state index is 0.208. The molecule has 1 aliphatic heterocycles. The van der Waals surface area contributed by atoms with Gasteiger partial charge in [0.1, 0.15) is 5.92 Å².